The summed E-state index contributed by atoms with van der Waals surface area (Å²) in [6.45, 7) is 4.28. The van der Waals surface area contributed by atoms with Gasteiger partial charge in [0, 0.05) is 13.6 Å². The van der Waals surface area contributed by atoms with Gasteiger partial charge in [-0.1, -0.05) is 12.8 Å². The molecule has 0 radical (unpaired) electrons. The van der Waals surface area contributed by atoms with Gasteiger partial charge in [0.05, 0.1) is 24.6 Å². The van der Waals surface area contributed by atoms with E-state index in [2.05, 4.69) is 28.1 Å². The zero-order valence-electron chi connectivity index (χ0n) is 9.20. The van der Waals surface area contributed by atoms with Gasteiger partial charge in [0.1, 0.15) is 5.82 Å². The van der Waals surface area contributed by atoms with E-state index >= 15 is 0 Å². The summed E-state index contributed by atoms with van der Waals surface area (Å²) >= 11 is 0. The SMILES string of the molecule is C#CCN(C)c1cnc(CNCC)cn1. The minimum Gasteiger partial charge on any atom is -0.347 e. The maximum absolute atomic E-state index is 5.21. The molecule has 4 heteroatoms. The van der Waals surface area contributed by atoms with Crippen molar-refractivity contribution in [2.45, 2.75) is 13.5 Å². The van der Waals surface area contributed by atoms with E-state index in [0.29, 0.717) is 6.54 Å². The molecule has 1 heterocycles. The van der Waals surface area contributed by atoms with Crippen LogP contribution in [0.2, 0.25) is 0 Å². The average Bonchev–Trinajstić information content (AvgIpc) is 2.27. The fourth-order valence-electron chi connectivity index (χ4n) is 1.11. The number of rotatable bonds is 5. The molecule has 1 aromatic rings. The molecule has 1 rings (SSSR count). The van der Waals surface area contributed by atoms with E-state index in [-0.39, 0.29) is 0 Å². The Labute approximate surface area is 90.7 Å². The van der Waals surface area contributed by atoms with Crippen LogP contribution >= 0.6 is 0 Å². The van der Waals surface area contributed by atoms with E-state index in [4.69, 9.17) is 6.42 Å². The third kappa shape index (κ3) is 3.56. The number of terminal acetylenes is 1. The topological polar surface area (TPSA) is 41.1 Å². The normalized spacial score (nSPS) is 9.67. The van der Waals surface area contributed by atoms with Crippen molar-refractivity contribution in [3.8, 4) is 12.3 Å². The number of hydrogen-bond acceptors (Lipinski definition) is 4. The third-order valence-electron chi connectivity index (χ3n) is 1.97. The first kappa shape index (κ1) is 11.5. The molecule has 0 aromatic carbocycles. The van der Waals surface area contributed by atoms with E-state index in [1.807, 2.05) is 11.9 Å². The molecule has 0 aliphatic heterocycles. The summed E-state index contributed by atoms with van der Waals surface area (Å²) in [5.74, 6) is 3.36. The monoisotopic (exact) mass is 204 g/mol. The largest absolute Gasteiger partial charge is 0.347 e. The van der Waals surface area contributed by atoms with Crippen LogP contribution in [-0.4, -0.2) is 30.1 Å². The molecular weight excluding hydrogens is 188 g/mol. The van der Waals surface area contributed by atoms with E-state index in [1.165, 1.54) is 0 Å². The van der Waals surface area contributed by atoms with Gasteiger partial charge in [0.15, 0.2) is 0 Å². The second-order valence-electron chi connectivity index (χ2n) is 3.21. The van der Waals surface area contributed by atoms with Crippen LogP contribution in [0.1, 0.15) is 12.6 Å². The molecule has 1 N–H and O–H groups in total. The van der Waals surface area contributed by atoms with Gasteiger partial charge >= 0.3 is 0 Å². The van der Waals surface area contributed by atoms with Crippen molar-refractivity contribution in [1.82, 2.24) is 15.3 Å². The lowest BCUT2D eigenvalue weighted by molar-refractivity contribution is 0.706. The van der Waals surface area contributed by atoms with Gasteiger partial charge in [0.25, 0.3) is 0 Å². The third-order valence-corrected chi connectivity index (χ3v) is 1.97. The second kappa shape index (κ2) is 5.99. The Kier molecular flexibility index (Phi) is 4.58. The van der Waals surface area contributed by atoms with Crippen molar-refractivity contribution < 1.29 is 0 Å². The Morgan fingerprint density at radius 3 is 2.80 bits per heavy atom. The average molecular weight is 204 g/mol. The molecule has 15 heavy (non-hydrogen) atoms. The summed E-state index contributed by atoms with van der Waals surface area (Å²) in [6, 6.07) is 0. The molecule has 80 valence electrons. The lowest BCUT2D eigenvalue weighted by Crippen LogP contribution is -2.19. The predicted octanol–water partition coefficient (Wildman–Crippen LogP) is 0.655. The molecule has 0 saturated heterocycles. The molecule has 0 atom stereocenters. The highest BCUT2D eigenvalue weighted by Crippen LogP contribution is 2.05. The number of nitrogens with zero attached hydrogens (tertiary/aromatic N) is 3. The van der Waals surface area contributed by atoms with Crippen LogP contribution in [0.4, 0.5) is 5.82 Å². The van der Waals surface area contributed by atoms with E-state index in [0.717, 1.165) is 24.6 Å². The van der Waals surface area contributed by atoms with Crippen LogP contribution in [-0.2, 0) is 6.54 Å². The van der Waals surface area contributed by atoms with Crippen molar-refractivity contribution in [2.24, 2.45) is 0 Å². The van der Waals surface area contributed by atoms with Crippen molar-refractivity contribution in [2.75, 3.05) is 25.0 Å². The highest BCUT2D eigenvalue weighted by atomic mass is 15.2. The molecule has 0 unspecified atom stereocenters. The van der Waals surface area contributed by atoms with Gasteiger partial charge in [-0.25, -0.2) is 4.98 Å². The van der Waals surface area contributed by atoms with Crippen LogP contribution in [0.3, 0.4) is 0 Å². The number of nitrogens with one attached hydrogen (secondary N) is 1. The Bertz CT molecular complexity index is 325. The first-order valence-corrected chi connectivity index (χ1v) is 4.94. The first-order chi connectivity index (χ1) is 7.27. The lowest BCUT2D eigenvalue weighted by Gasteiger charge is -2.14. The summed E-state index contributed by atoms with van der Waals surface area (Å²) in [5.41, 5.74) is 0.940. The first-order valence-electron chi connectivity index (χ1n) is 4.94. The number of hydrogen-bond donors (Lipinski definition) is 1. The Morgan fingerprint density at radius 2 is 2.27 bits per heavy atom. The molecule has 0 fully saturated rings. The van der Waals surface area contributed by atoms with Gasteiger partial charge in [-0.15, -0.1) is 6.42 Å². The summed E-state index contributed by atoms with van der Waals surface area (Å²) in [4.78, 5) is 10.4. The van der Waals surface area contributed by atoms with Crippen LogP contribution in [0.5, 0.6) is 0 Å². The quantitative estimate of drug-likeness (QED) is 0.715. The van der Waals surface area contributed by atoms with Crippen LogP contribution < -0.4 is 10.2 Å². The summed E-state index contributed by atoms with van der Waals surface area (Å²) in [7, 11) is 1.90. The summed E-state index contributed by atoms with van der Waals surface area (Å²) in [5, 5.41) is 3.19. The predicted molar refractivity (Wildman–Crippen MR) is 61.5 cm³/mol. The van der Waals surface area contributed by atoms with Gasteiger partial charge in [-0.05, 0) is 6.54 Å². The number of aromatic nitrogens is 2. The molecule has 0 aliphatic rings. The van der Waals surface area contributed by atoms with Crippen molar-refractivity contribution in [3.63, 3.8) is 0 Å². The minimum atomic E-state index is 0.543. The Hall–Kier alpha value is -1.60. The molecule has 1 aromatic heterocycles. The molecule has 4 nitrogen and oxygen atoms in total. The summed E-state index contributed by atoms with van der Waals surface area (Å²) in [6.07, 6.45) is 8.72. The fraction of sp³-hybridized carbons (Fsp3) is 0.455. The van der Waals surface area contributed by atoms with Gasteiger partial charge < -0.3 is 10.2 Å². The maximum atomic E-state index is 5.21. The minimum absolute atomic E-state index is 0.543. The van der Waals surface area contributed by atoms with Crippen LogP contribution in [0.15, 0.2) is 12.4 Å². The van der Waals surface area contributed by atoms with Crippen molar-refractivity contribution >= 4 is 5.82 Å². The summed E-state index contributed by atoms with van der Waals surface area (Å²) < 4.78 is 0. The van der Waals surface area contributed by atoms with E-state index in [9.17, 15) is 0 Å². The molecule has 0 spiro atoms. The molecule has 0 saturated carbocycles. The standard InChI is InChI=1S/C11H16N4/c1-4-6-15(3)11-9-13-10(8-14-11)7-12-5-2/h1,8-9,12H,5-7H2,2-3H3. The molecule has 0 amide bonds. The lowest BCUT2D eigenvalue weighted by atomic mass is 10.4. The second-order valence-corrected chi connectivity index (χ2v) is 3.21. The van der Waals surface area contributed by atoms with Crippen LogP contribution in [0.25, 0.3) is 0 Å². The molecular formula is C11H16N4. The van der Waals surface area contributed by atoms with Crippen molar-refractivity contribution in [1.29, 1.82) is 0 Å². The van der Waals surface area contributed by atoms with Crippen molar-refractivity contribution in [3.05, 3.63) is 18.1 Å². The fourth-order valence-corrected chi connectivity index (χ4v) is 1.11. The van der Waals surface area contributed by atoms with E-state index < -0.39 is 0 Å². The number of anilines is 1. The van der Waals surface area contributed by atoms with Gasteiger partial charge in [-0.3, -0.25) is 4.98 Å². The Balaban J connectivity index is 2.60. The zero-order valence-corrected chi connectivity index (χ0v) is 9.20. The molecule has 0 bridgehead atoms. The van der Waals surface area contributed by atoms with Crippen LogP contribution in [0, 0.1) is 12.3 Å². The zero-order chi connectivity index (χ0) is 11.1. The van der Waals surface area contributed by atoms with E-state index in [1.54, 1.807) is 12.4 Å². The Morgan fingerprint density at radius 1 is 1.47 bits per heavy atom. The highest BCUT2D eigenvalue weighted by Gasteiger charge is 2.01. The smallest absolute Gasteiger partial charge is 0.147 e. The highest BCUT2D eigenvalue weighted by molar-refractivity contribution is 5.36. The maximum Gasteiger partial charge on any atom is 0.147 e. The van der Waals surface area contributed by atoms with Gasteiger partial charge in [-0.2, -0.15) is 0 Å². The molecule has 0 aliphatic carbocycles. The van der Waals surface area contributed by atoms with Gasteiger partial charge in [0.2, 0.25) is 0 Å².